The lowest BCUT2D eigenvalue weighted by Crippen LogP contribution is -2.51. The number of esters is 1. The van der Waals surface area contributed by atoms with Crippen molar-refractivity contribution in [2.24, 2.45) is 0 Å². The van der Waals surface area contributed by atoms with Crippen LogP contribution in [0.25, 0.3) is 16.8 Å². The third kappa shape index (κ3) is 6.10. The van der Waals surface area contributed by atoms with Crippen molar-refractivity contribution in [3.05, 3.63) is 111 Å². The topological polar surface area (TPSA) is 94.2 Å². The lowest BCUT2D eigenvalue weighted by Gasteiger charge is -2.39. The van der Waals surface area contributed by atoms with Crippen LogP contribution in [0.4, 0.5) is 0 Å². The van der Waals surface area contributed by atoms with Crippen molar-refractivity contribution in [2.75, 3.05) is 6.61 Å². The zero-order valence-electron chi connectivity index (χ0n) is 25.1. The van der Waals surface area contributed by atoms with E-state index in [-0.39, 0.29) is 11.5 Å². The molecular formula is C36H37N3O4. The van der Waals surface area contributed by atoms with Crippen molar-refractivity contribution in [3.63, 3.8) is 0 Å². The van der Waals surface area contributed by atoms with Crippen LogP contribution in [0.5, 0.6) is 5.75 Å². The number of nitrogens with zero attached hydrogens (tertiary/aromatic N) is 3. The second-order valence-corrected chi connectivity index (χ2v) is 10.9. The maximum Gasteiger partial charge on any atom is 0.350 e. The van der Waals surface area contributed by atoms with Crippen LogP contribution in [0.3, 0.4) is 0 Å². The van der Waals surface area contributed by atoms with E-state index >= 15 is 0 Å². The molecule has 7 nitrogen and oxygen atoms in total. The van der Waals surface area contributed by atoms with E-state index < -0.39 is 5.60 Å². The summed E-state index contributed by atoms with van der Waals surface area (Å²) >= 11 is 0. The second kappa shape index (κ2) is 13.1. The summed E-state index contributed by atoms with van der Waals surface area (Å²) in [5.74, 6) is 0.949. The Hall–Kier alpha value is -4.70. The summed E-state index contributed by atoms with van der Waals surface area (Å²) < 4.78 is 13.1. The van der Waals surface area contributed by atoms with E-state index in [1.807, 2.05) is 67.6 Å². The number of hydrogen-bond donors (Lipinski definition) is 0. The van der Waals surface area contributed by atoms with Gasteiger partial charge in [-0.25, -0.2) is 9.78 Å². The molecular weight excluding hydrogens is 538 g/mol. The van der Waals surface area contributed by atoms with Gasteiger partial charge in [0, 0.05) is 18.4 Å². The molecule has 43 heavy (non-hydrogen) atoms. The first-order chi connectivity index (χ1) is 20.9. The van der Waals surface area contributed by atoms with Gasteiger partial charge in [-0.2, -0.15) is 5.26 Å². The van der Waals surface area contributed by atoms with E-state index in [2.05, 4.69) is 13.0 Å². The first-order valence-electron chi connectivity index (χ1n) is 15.1. The number of ether oxygens (including phenoxy) is 2. The van der Waals surface area contributed by atoms with Crippen molar-refractivity contribution in [2.45, 2.75) is 71.3 Å². The molecule has 0 bridgehead atoms. The molecule has 0 amide bonds. The van der Waals surface area contributed by atoms with Gasteiger partial charge in [-0.3, -0.25) is 9.36 Å². The molecule has 1 aliphatic carbocycles. The molecule has 1 saturated carbocycles. The van der Waals surface area contributed by atoms with Crippen LogP contribution in [0.2, 0.25) is 0 Å². The first-order valence-corrected chi connectivity index (χ1v) is 15.1. The summed E-state index contributed by atoms with van der Waals surface area (Å²) in [4.78, 5) is 31.7. The van der Waals surface area contributed by atoms with Crippen molar-refractivity contribution >= 4 is 5.97 Å². The Morgan fingerprint density at radius 2 is 1.72 bits per heavy atom. The maximum absolute atomic E-state index is 14.1. The molecule has 1 heterocycles. The number of aryl methyl sites for hydroxylation is 2. The fourth-order valence-electron chi connectivity index (χ4n) is 5.61. The standard InChI is InChI=1S/C36H37N3O4/c1-4-10-32-31(23-25-13-15-26(16-14-25)30-12-8-7-11-27(30)24-37)34(40)39(33(5-2)38-32)28-17-19-29(20-18-28)43-36(21-9-22-36)35(41)42-6-3/h7-8,11-20H,4-6,9-10,21-23H2,1-3H3. The SMILES string of the molecule is CCCc1nc(CC)n(-c2ccc(OC3(C(=O)OCC)CCC3)cc2)c(=O)c1Cc1ccc(-c2ccccc2C#N)cc1. The number of aromatic nitrogens is 2. The number of benzene rings is 3. The molecule has 0 aliphatic heterocycles. The molecule has 3 aromatic carbocycles. The van der Waals surface area contributed by atoms with Crippen LogP contribution in [-0.2, 0) is 28.8 Å². The third-order valence-corrected chi connectivity index (χ3v) is 8.04. The van der Waals surface area contributed by atoms with Crippen LogP contribution in [0, 0.1) is 11.3 Å². The molecule has 7 heteroatoms. The molecule has 0 radical (unpaired) electrons. The molecule has 0 spiro atoms. The zero-order valence-corrected chi connectivity index (χ0v) is 25.1. The van der Waals surface area contributed by atoms with Gasteiger partial charge in [0.1, 0.15) is 11.6 Å². The van der Waals surface area contributed by atoms with Gasteiger partial charge in [-0.05, 0) is 79.6 Å². The largest absolute Gasteiger partial charge is 0.476 e. The highest BCUT2D eigenvalue weighted by Gasteiger charge is 2.48. The average molecular weight is 576 g/mol. The maximum atomic E-state index is 14.1. The van der Waals surface area contributed by atoms with Gasteiger partial charge in [0.25, 0.3) is 5.56 Å². The second-order valence-electron chi connectivity index (χ2n) is 10.9. The normalized spacial score (nSPS) is 13.5. The number of rotatable bonds is 11. The first kappa shape index (κ1) is 29.8. The van der Waals surface area contributed by atoms with Crippen LogP contribution in [0.1, 0.15) is 74.7 Å². The lowest BCUT2D eigenvalue weighted by molar-refractivity contribution is -0.169. The van der Waals surface area contributed by atoms with Gasteiger partial charge >= 0.3 is 5.97 Å². The highest BCUT2D eigenvalue weighted by atomic mass is 16.6. The molecule has 5 rings (SSSR count). The monoisotopic (exact) mass is 575 g/mol. The molecule has 0 atom stereocenters. The number of nitriles is 1. The summed E-state index contributed by atoms with van der Waals surface area (Å²) in [6.07, 6.45) is 4.83. The Balaban J connectivity index is 1.46. The van der Waals surface area contributed by atoms with E-state index in [9.17, 15) is 14.9 Å². The van der Waals surface area contributed by atoms with Gasteiger partial charge in [0.05, 0.1) is 29.6 Å². The van der Waals surface area contributed by atoms with Crippen LogP contribution >= 0.6 is 0 Å². The van der Waals surface area contributed by atoms with Gasteiger partial charge in [-0.1, -0.05) is 62.7 Å². The zero-order chi connectivity index (χ0) is 30.4. The Morgan fingerprint density at radius 1 is 1.00 bits per heavy atom. The average Bonchev–Trinajstić information content (AvgIpc) is 3.01. The third-order valence-electron chi connectivity index (χ3n) is 8.04. The fraction of sp³-hybridized carbons (Fsp3) is 0.333. The minimum atomic E-state index is -0.925. The van der Waals surface area contributed by atoms with E-state index in [0.29, 0.717) is 60.7 Å². The summed E-state index contributed by atoms with van der Waals surface area (Å²) in [7, 11) is 0. The molecule has 1 fully saturated rings. The van der Waals surface area contributed by atoms with Gasteiger partial charge in [0.2, 0.25) is 5.60 Å². The van der Waals surface area contributed by atoms with Gasteiger partial charge in [0.15, 0.2) is 0 Å². The van der Waals surface area contributed by atoms with E-state index in [0.717, 1.165) is 41.6 Å². The minimum absolute atomic E-state index is 0.0788. The Kier molecular flexibility index (Phi) is 9.06. The molecule has 0 saturated heterocycles. The Morgan fingerprint density at radius 3 is 2.33 bits per heavy atom. The molecule has 0 unspecified atom stereocenters. The quantitative estimate of drug-likeness (QED) is 0.184. The van der Waals surface area contributed by atoms with Crippen LogP contribution in [-0.4, -0.2) is 27.7 Å². The number of carbonyl (C=O) groups is 1. The van der Waals surface area contributed by atoms with Crippen molar-refractivity contribution < 1.29 is 14.3 Å². The van der Waals surface area contributed by atoms with Crippen LogP contribution < -0.4 is 10.3 Å². The number of carbonyl (C=O) groups excluding carboxylic acids is 1. The van der Waals surface area contributed by atoms with E-state index in [4.69, 9.17) is 14.5 Å². The molecule has 1 aromatic heterocycles. The Labute approximate surface area is 252 Å². The minimum Gasteiger partial charge on any atom is -0.476 e. The number of hydrogen-bond acceptors (Lipinski definition) is 6. The highest BCUT2D eigenvalue weighted by Crippen LogP contribution is 2.38. The molecule has 1 aliphatic rings. The van der Waals surface area contributed by atoms with Crippen LogP contribution in [0.15, 0.2) is 77.6 Å². The highest BCUT2D eigenvalue weighted by molar-refractivity contribution is 5.81. The van der Waals surface area contributed by atoms with E-state index in [1.165, 1.54) is 0 Å². The summed E-state index contributed by atoms with van der Waals surface area (Å²) in [6.45, 7) is 6.20. The van der Waals surface area contributed by atoms with Crippen molar-refractivity contribution in [1.29, 1.82) is 5.26 Å². The summed E-state index contributed by atoms with van der Waals surface area (Å²) in [5, 5.41) is 9.50. The molecule has 0 N–H and O–H groups in total. The smallest absolute Gasteiger partial charge is 0.350 e. The lowest BCUT2D eigenvalue weighted by atomic mass is 9.80. The van der Waals surface area contributed by atoms with E-state index in [1.54, 1.807) is 23.6 Å². The van der Waals surface area contributed by atoms with Crippen molar-refractivity contribution in [1.82, 2.24) is 9.55 Å². The summed E-state index contributed by atoms with van der Waals surface area (Å²) in [6, 6.07) is 25.1. The van der Waals surface area contributed by atoms with Gasteiger partial charge in [-0.15, -0.1) is 0 Å². The Bertz CT molecular complexity index is 1690. The van der Waals surface area contributed by atoms with Gasteiger partial charge < -0.3 is 9.47 Å². The molecule has 220 valence electrons. The van der Waals surface area contributed by atoms with Crippen molar-refractivity contribution in [3.8, 4) is 28.6 Å². The predicted molar refractivity (Wildman–Crippen MR) is 166 cm³/mol. The fourth-order valence-corrected chi connectivity index (χ4v) is 5.61. The molecule has 4 aromatic rings. The summed E-state index contributed by atoms with van der Waals surface area (Å²) in [5.41, 5.74) is 4.69. The predicted octanol–water partition coefficient (Wildman–Crippen LogP) is 6.74.